The SMILES string of the molecule is CCc1[nH]c(C(=O)OC(C)C(=O)Nc2ccc3c(c2)OCO3)c(C)c1C(=O)OC. The van der Waals surface area contributed by atoms with E-state index in [0.29, 0.717) is 40.4 Å². The number of methoxy groups -OCH3 is 1. The summed E-state index contributed by atoms with van der Waals surface area (Å²) in [4.78, 5) is 39.8. The number of carbonyl (C=O) groups is 3. The highest BCUT2D eigenvalue weighted by Crippen LogP contribution is 2.34. The number of amides is 1. The Morgan fingerprint density at radius 3 is 2.62 bits per heavy atom. The van der Waals surface area contributed by atoms with Crippen molar-refractivity contribution in [3.63, 3.8) is 0 Å². The van der Waals surface area contributed by atoms with Gasteiger partial charge in [0.15, 0.2) is 17.6 Å². The van der Waals surface area contributed by atoms with Crippen LogP contribution in [0.2, 0.25) is 0 Å². The number of H-pyrrole nitrogens is 1. The number of aryl methyl sites for hydroxylation is 1. The van der Waals surface area contributed by atoms with Crippen molar-refractivity contribution in [2.75, 3.05) is 19.2 Å². The number of benzene rings is 1. The number of hydrogen-bond acceptors (Lipinski definition) is 7. The monoisotopic (exact) mass is 402 g/mol. The molecular weight excluding hydrogens is 380 g/mol. The van der Waals surface area contributed by atoms with Crippen LogP contribution in [0.25, 0.3) is 0 Å². The van der Waals surface area contributed by atoms with Gasteiger partial charge in [-0.25, -0.2) is 9.59 Å². The van der Waals surface area contributed by atoms with Crippen LogP contribution in [-0.4, -0.2) is 42.8 Å². The number of aromatic amines is 1. The van der Waals surface area contributed by atoms with E-state index >= 15 is 0 Å². The van der Waals surface area contributed by atoms with Gasteiger partial charge < -0.3 is 29.2 Å². The lowest BCUT2D eigenvalue weighted by molar-refractivity contribution is -0.123. The fraction of sp³-hybridized carbons (Fsp3) is 0.350. The van der Waals surface area contributed by atoms with Crippen molar-refractivity contribution in [2.24, 2.45) is 0 Å². The van der Waals surface area contributed by atoms with Crippen molar-refractivity contribution < 1.29 is 33.3 Å². The van der Waals surface area contributed by atoms with E-state index < -0.39 is 23.9 Å². The molecule has 0 bridgehead atoms. The normalized spacial score (nSPS) is 13.0. The maximum absolute atomic E-state index is 12.6. The fourth-order valence-corrected chi connectivity index (χ4v) is 3.00. The number of carbonyl (C=O) groups excluding carboxylic acids is 3. The quantitative estimate of drug-likeness (QED) is 0.714. The van der Waals surface area contributed by atoms with Crippen molar-refractivity contribution in [3.8, 4) is 11.5 Å². The standard InChI is InChI=1S/C20H22N2O7/c1-5-13-16(19(24)26-4)10(2)17(22-13)20(25)29-11(3)18(23)21-12-6-7-14-15(8-12)28-9-27-14/h6-8,11,22H,5,9H2,1-4H3,(H,21,23). The van der Waals surface area contributed by atoms with Crippen LogP contribution >= 0.6 is 0 Å². The van der Waals surface area contributed by atoms with Gasteiger partial charge in [0.05, 0.1) is 12.7 Å². The van der Waals surface area contributed by atoms with Crippen LogP contribution in [0.3, 0.4) is 0 Å². The minimum atomic E-state index is -1.07. The minimum Gasteiger partial charge on any atom is -0.465 e. The molecule has 0 spiro atoms. The predicted octanol–water partition coefficient (Wildman–Crippen LogP) is 2.58. The van der Waals surface area contributed by atoms with Gasteiger partial charge in [-0.1, -0.05) is 6.92 Å². The molecule has 0 saturated heterocycles. The van der Waals surface area contributed by atoms with Gasteiger partial charge in [0, 0.05) is 17.4 Å². The summed E-state index contributed by atoms with van der Waals surface area (Å²) in [6.07, 6.45) is -0.569. The highest BCUT2D eigenvalue weighted by Gasteiger charge is 2.27. The van der Waals surface area contributed by atoms with Gasteiger partial charge >= 0.3 is 11.9 Å². The summed E-state index contributed by atoms with van der Waals surface area (Å²) >= 11 is 0. The Morgan fingerprint density at radius 1 is 1.21 bits per heavy atom. The third-order valence-electron chi connectivity index (χ3n) is 4.57. The highest BCUT2D eigenvalue weighted by molar-refractivity contribution is 6.00. The molecular formula is C20H22N2O7. The van der Waals surface area contributed by atoms with Crippen molar-refractivity contribution in [1.29, 1.82) is 0 Å². The molecule has 1 unspecified atom stereocenters. The van der Waals surface area contributed by atoms with Crippen molar-refractivity contribution in [2.45, 2.75) is 33.3 Å². The third kappa shape index (κ3) is 4.03. The smallest absolute Gasteiger partial charge is 0.355 e. The molecule has 1 aliphatic rings. The topological polar surface area (TPSA) is 116 Å². The lowest BCUT2D eigenvalue weighted by Gasteiger charge is -2.13. The predicted molar refractivity (Wildman–Crippen MR) is 102 cm³/mol. The Balaban J connectivity index is 1.69. The van der Waals surface area contributed by atoms with E-state index in [0.717, 1.165) is 0 Å². The summed E-state index contributed by atoms with van der Waals surface area (Å²) < 4.78 is 20.5. The molecule has 1 aliphatic heterocycles. The first-order valence-corrected chi connectivity index (χ1v) is 9.06. The summed E-state index contributed by atoms with van der Waals surface area (Å²) in [6.45, 7) is 5.05. The second-order valence-corrected chi connectivity index (χ2v) is 6.43. The van der Waals surface area contributed by atoms with Crippen LogP contribution in [0.5, 0.6) is 11.5 Å². The number of ether oxygens (including phenoxy) is 4. The van der Waals surface area contributed by atoms with Gasteiger partial charge in [-0.05, 0) is 38.0 Å². The van der Waals surface area contributed by atoms with Crippen molar-refractivity contribution >= 4 is 23.5 Å². The molecule has 0 saturated carbocycles. The maximum Gasteiger partial charge on any atom is 0.355 e. The number of aromatic nitrogens is 1. The number of anilines is 1. The fourth-order valence-electron chi connectivity index (χ4n) is 3.00. The second-order valence-electron chi connectivity index (χ2n) is 6.43. The first-order chi connectivity index (χ1) is 13.8. The van der Waals surface area contributed by atoms with Gasteiger partial charge in [-0.3, -0.25) is 4.79 Å². The van der Waals surface area contributed by atoms with E-state index in [1.807, 2.05) is 6.92 Å². The number of nitrogens with one attached hydrogen (secondary N) is 2. The molecule has 9 nitrogen and oxygen atoms in total. The molecule has 0 aliphatic carbocycles. The summed E-state index contributed by atoms with van der Waals surface area (Å²) in [7, 11) is 1.27. The largest absolute Gasteiger partial charge is 0.465 e. The highest BCUT2D eigenvalue weighted by atomic mass is 16.7. The van der Waals surface area contributed by atoms with Gasteiger partial charge in [0.2, 0.25) is 6.79 Å². The van der Waals surface area contributed by atoms with E-state index in [1.54, 1.807) is 25.1 Å². The van der Waals surface area contributed by atoms with E-state index in [1.165, 1.54) is 14.0 Å². The molecule has 2 aromatic rings. The Bertz CT molecular complexity index is 964. The van der Waals surface area contributed by atoms with E-state index in [-0.39, 0.29) is 12.5 Å². The Kier molecular flexibility index (Phi) is 5.76. The van der Waals surface area contributed by atoms with Crippen molar-refractivity contribution in [3.05, 3.63) is 40.7 Å². The number of hydrogen-bond donors (Lipinski definition) is 2. The lowest BCUT2D eigenvalue weighted by atomic mass is 10.1. The number of fused-ring (bicyclic) bond motifs is 1. The van der Waals surface area contributed by atoms with Crippen molar-refractivity contribution in [1.82, 2.24) is 4.98 Å². The molecule has 29 heavy (non-hydrogen) atoms. The molecule has 0 fully saturated rings. The minimum absolute atomic E-state index is 0.116. The molecule has 9 heteroatoms. The molecule has 3 rings (SSSR count). The van der Waals surface area contributed by atoms with Crippen LogP contribution < -0.4 is 14.8 Å². The Hall–Kier alpha value is -3.49. The van der Waals surface area contributed by atoms with Crippen LogP contribution in [0, 0.1) is 6.92 Å². The zero-order valence-electron chi connectivity index (χ0n) is 16.6. The average Bonchev–Trinajstić information content (AvgIpc) is 3.30. The first-order valence-electron chi connectivity index (χ1n) is 9.06. The van der Waals surface area contributed by atoms with Crippen LogP contribution in [0.15, 0.2) is 18.2 Å². The summed E-state index contributed by atoms with van der Waals surface area (Å²) in [6, 6.07) is 4.96. The molecule has 0 radical (unpaired) electrons. The van der Waals surface area contributed by atoms with Gasteiger partial charge in [0.1, 0.15) is 5.69 Å². The molecule has 2 N–H and O–H groups in total. The van der Waals surface area contributed by atoms with Crippen LogP contribution in [0.1, 0.15) is 46.0 Å². The molecule has 1 aromatic carbocycles. The van der Waals surface area contributed by atoms with E-state index in [2.05, 4.69) is 10.3 Å². The lowest BCUT2D eigenvalue weighted by Crippen LogP contribution is -2.30. The summed E-state index contributed by atoms with van der Waals surface area (Å²) in [5, 5.41) is 2.66. The zero-order valence-corrected chi connectivity index (χ0v) is 16.6. The maximum atomic E-state index is 12.6. The van der Waals surface area contributed by atoms with Gasteiger partial charge in [0.25, 0.3) is 5.91 Å². The summed E-state index contributed by atoms with van der Waals surface area (Å²) in [5.74, 6) is -0.663. The van der Waals surface area contributed by atoms with Gasteiger partial charge in [-0.15, -0.1) is 0 Å². The van der Waals surface area contributed by atoms with Crippen LogP contribution in [-0.2, 0) is 20.7 Å². The van der Waals surface area contributed by atoms with Gasteiger partial charge in [-0.2, -0.15) is 0 Å². The van der Waals surface area contributed by atoms with E-state index in [9.17, 15) is 14.4 Å². The average molecular weight is 402 g/mol. The first kappa shape index (κ1) is 20.2. The number of esters is 2. The third-order valence-corrected chi connectivity index (χ3v) is 4.57. The molecule has 154 valence electrons. The zero-order chi connectivity index (χ0) is 21.1. The Labute approximate surface area is 167 Å². The summed E-state index contributed by atoms with van der Waals surface area (Å²) in [5.41, 5.74) is 1.89. The van der Waals surface area contributed by atoms with E-state index in [4.69, 9.17) is 18.9 Å². The molecule has 2 heterocycles. The number of rotatable bonds is 6. The molecule has 1 atom stereocenters. The Morgan fingerprint density at radius 2 is 1.93 bits per heavy atom. The molecule has 1 aromatic heterocycles. The second kappa shape index (κ2) is 8.26. The molecule has 1 amide bonds. The van der Waals surface area contributed by atoms with Crippen LogP contribution in [0.4, 0.5) is 5.69 Å².